The van der Waals surface area contributed by atoms with Crippen LogP contribution in [0.5, 0.6) is 0 Å². The first kappa shape index (κ1) is 13.1. The Bertz CT molecular complexity index is 423. The molecule has 0 aliphatic carbocycles. The van der Waals surface area contributed by atoms with Crippen LogP contribution in [0.3, 0.4) is 0 Å². The quantitative estimate of drug-likeness (QED) is 0.770. The lowest BCUT2D eigenvalue weighted by Gasteiger charge is -2.37. The Morgan fingerprint density at radius 2 is 2.22 bits per heavy atom. The van der Waals surface area contributed by atoms with Gasteiger partial charge in [0, 0.05) is 19.6 Å². The highest BCUT2D eigenvalue weighted by molar-refractivity contribution is 5.85. The third-order valence-corrected chi connectivity index (χ3v) is 3.88. The van der Waals surface area contributed by atoms with E-state index in [1.165, 1.54) is 32.1 Å². The van der Waals surface area contributed by atoms with Crippen molar-refractivity contribution in [2.45, 2.75) is 52.0 Å². The summed E-state index contributed by atoms with van der Waals surface area (Å²) in [5.74, 6) is 1.01. The molecule has 18 heavy (non-hydrogen) atoms. The lowest BCUT2D eigenvalue weighted by molar-refractivity contribution is 0.112. The van der Waals surface area contributed by atoms with Crippen LogP contribution in [-0.2, 0) is 7.05 Å². The molecule has 4 heteroatoms. The number of aldehydes is 1. The van der Waals surface area contributed by atoms with Gasteiger partial charge in [0.1, 0.15) is 5.82 Å². The highest BCUT2D eigenvalue weighted by Crippen LogP contribution is 2.30. The molecule has 0 bridgehead atoms. The summed E-state index contributed by atoms with van der Waals surface area (Å²) >= 11 is 0. The lowest BCUT2D eigenvalue weighted by Crippen LogP contribution is -2.41. The summed E-state index contributed by atoms with van der Waals surface area (Å²) in [6, 6.07) is 0.567. The number of carbonyl (C=O) groups is 1. The van der Waals surface area contributed by atoms with E-state index in [0.29, 0.717) is 6.04 Å². The van der Waals surface area contributed by atoms with Crippen molar-refractivity contribution in [3.05, 3.63) is 11.3 Å². The molecule has 1 unspecified atom stereocenters. The Hall–Kier alpha value is -1.32. The van der Waals surface area contributed by atoms with E-state index >= 15 is 0 Å². The number of carbonyl (C=O) groups excluding carboxylic acids is 1. The molecule has 1 aliphatic rings. The maximum Gasteiger partial charge on any atom is 0.155 e. The molecule has 1 aliphatic heterocycles. The number of aromatic nitrogens is 2. The van der Waals surface area contributed by atoms with E-state index in [2.05, 4.69) is 16.9 Å². The molecule has 1 aromatic rings. The van der Waals surface area contributed by atoms with Gasteiger partial charge in [0.15, 0.2) is 6.29 Å². The molecular formula is C14H23N3O. The van der Waals surface area contributed by atoms with Crippen LogP contribution < -0.4 is 4.90 Å². The Labute approximate surface area is 109 Å². The van der Waals surface area contributed by atoms with E-state index < -0.39 is 0 Å². The summed E-state index contributed by atoms with van der Waals surface area (Å²) < 4.78 is 1.87. The van der Waals surface area contributed by atoms with Crippen LogP contribution in [0.15, 0.2) is 0 Å². The Balaban J connectivity index is 2.35. The van der Waals surface area contributed by atoms with Crippen LogP contribution in [0.4, 0.5) is 5.82 Å². The van der Waals surface area contributed by atoms with Gasteiger partial charge >= 0.3 is 0 Å². The second-order valence-electron chi connectivity index (χ2n) is 5.20. The second-order valence-corrected chi connectivity index (χ2v) is 5.20. The Morgan fingerprint density at radius 1 is 1.44 bits per heavy atom. The fraction of sp³-hybridized carbons (Fsp3) is 0.714. The number of aryl methyl sites for hydroxylation is 2. The zero-order valence-electron chi connectivity index (χ0n) is 11.6. The zero-order valence-corrected chi connectivity index (χ0v) is 11.6. The van der Waals surface area contributed by atoms with Crippen molar-refractivity contribution in [1.82, 2.24) is 9.78 Å². The number of hydrogen-bond acceptors (Lipinski definition) is 3. The van der Waals surface area contributed by atoms with Gasteiger partial charge in [-0.25, -0.2) is 0 Å². The SMILES string of the molecule is CCCC1CCCCN1c1c(C=O)c(C)nn1C. The van der Waals surface area contributed by atoms with Gasteiger partial charge in [0.05, 0.1) is 11.3 Å². The molecule has 2 rings (SSSR count). The maximum atomic E-state index is 11.3. The molecular weight excluding hydrogens is 226 g/mol. The molecule has 0 amide bonds. The Kier molecular flexibility index (Phi) is 4.04. The van der Waals surface area contributed by atoms with E-state index in [0.717, 1.165) is 29.9 Å². The maximum absolute atomic E-state index is 11.3. The minimum atomic E-state index is 0.567. The van der Waals surface area contributed by atoms with E-state index in [1.807, 2.05) is 18.7 Å². The molecule has 1 atom stereocenters. The van der Waals surface area contributed by atoms with Gasteiger partial charge in [-0.05, 0) is 32.6 Å². The molecule has 4 nitrogen and oxygen atoms in total. The molecule has 1 saturated heterocycles. The van der Waals surface area contributed by atoms with Crippen molar-refractivity contribution in [3.63, 3.8) is 0 Å². The summed E-state index contributed by atoms with van der Waals surface area (Å²) in [6.07, 6.45) is 7.08. The van der Waals surface area contributed by atoms with Gasteiger partial charge in [0.25, 0.3) is 0 Å². The predicted octanol–water partition coefficient (Wildman–Crippen LogP) is 2.70. The summed E-state index contributed by atoms with van der Waals surface area (Å²) in [7, 11) is 1.94. The minimum Gasteiger partial charge on any atom is -0.353 e. The van der Waals surface area contributed by atoms with Crippen molar-refractivity contribution >= 4 is 12.1 Å². The smallest absolute Gasteiger partial charge is 0.155 e. The fourth-order valence-corrected chi connectivity index (χ4v) is 3.05. The molecule has 0 N–H and O–H groups in total. The fourth-order valence-electron chi connectivity index (χ4n) is 3.05. The number of piperidine rings is 1. The first-order valence-corrected chi connectivity index (χ1v) is 6.94. The van der Waals surface area contributed by atoms with Crippen LogP contribution in [0.2, 0.25) is 0 Å². The first-order chi connectivity index (χ1) is 8.69. The number of nitrogens with zero attached hydrogens (tertiary/aromatic N) is 3. The molecule has 0 aromatic carbocycles. The van der Waals surface area contributed by atoms with Gasteiger partial charge in [-0.1, -0.05) is 13.3 Å². The zero-order chi connectivity index (χ0) is 13.1. The van der Waals surface area contributed by atoms with Gasteiger partial charge in [-0.2, -0.15) is 5.10 Å². The van der Waals surface area contributed by atoms with Crippen molar-refractivity contribution in [2.75, 3.05) is 11.4 Å². The molecule has 2 heterocycles. The average Bonchev–Trinajstić information content (AvgIpc) is 2.64. The topological polar surface area (TPSA) is 38.1 Å². The van der Waals surface area contributed by atoms with Crippen molar-refractivity contribution in [2.24, 2.45) is 7.05 Å². The number of hydrogen-bond donors (Lipinski definition) is 0. The third-order valence-electron chi connectivity index (χ3n) is 3.88. The number of rotatable bonds is 4. The standard InChI is InChI=1S/C14H23N3O/c1-4-7-12-8-5-6-9-17(12)14-13(10-18)11(2)15-16(14)3/h10,12H,4-9H2,1-3H3. The molecule has 0 spiro atoms. The Morgan fingerprint density at radius 3 is 2.89 bits per heavy atom. The van der Waals surface area contributed by atoms with Gasteiger partial charge in [-0.3, -0.25) is 9.48 Å². The number of anilines is 1. The van der Waals surface area contributed by atoms with E-state index in [-0.39, 0.29) is 0 Å². The molecule has 100 valence electrons. The molecule has 0 radical (unpaired) electrons. The van der Waals surface area contributed by atoms with Crippen LogP contribution >= 0.6 is 0 Å². The third kappa shape index (κ3) is 2.28. The average molecular weight is 249 g/mol. The normalized spacial score (nSPS) is 20.2. The minimum absolute atomic E-state index is 0.567. The predicted molar refractivity (Wildman–Crippen MR) is 73.2 cm³/mol. The van der Waals surface area contributed by atoms with Crippen molar-refractivity contribution in [3.8, 4) is 0 Å². The molecule has 0 saturated carbocycles. The van der Waals surface area contributed by atoms with Crippen molar-refractivity contribution < 1.29 is 4.79 Å². The van der Waals surface area contributed by atoms with E-state index in [9.17, 15) is 4.79 Å². The summed E-state index contributed by atoms with van der Waals surface area (Å²) in [5.41, 5.74) is 1.60. The van der Waals surface area contributed by atoms with Gasteiger partial charge in [-0.15, -0.1) is 0 Å². The van der Waals surface area contributed by atoms with Crippen LogP contribution in [0.25, 0.3) is 0 Å². The van der Waals surface area contributed by atoms with Crippen molar-refractivity contribution in [1.29, 1.82) is 0 Å². The van der Waals surface area contributed by atoms with Gasteiger partial charge < -0.3 is 4.90 Å². The largest absolute Gasteiger partial charge is 0.353 e. The highest BCUT2D eigenvalue weighted by Gasteiger charge is 2.27. The van der Waals surface area contributed by atoms with Crippen LogP contribution in [0, 0.1) is 6.92 Å². The molecule has 1 aromatic heterocycles. The highest BCUT2D eigenvalue weighted by atomic mass is 16.1. The monoisotopic (exact) mass is 249 g/mol. The first-order valence-electron chi connectivity index (χ1n) is 6.94. The van der Waals surface area contributed by atoms with E-state index in [4.69, 9.17) is 0 Å². The van der Waals surface area contributed by atoms with Crippen LogP contribution in [0.1, 0.15) is 55.1 Å². The van der Waals surface area contributed by atoms with E-state index in [1.54, 1.807) is 0 Å². The molecule has 1 fully saturated rings. The summed E-state index contributed by atoms with van der Waals surface area (Å²) in [5, 5.41) is 4.40. The summed E-state index contributed by atoms with van der Waals surface area (Å²) in [4.78, 5) is 13.7. The van der Waals surface area contributed by atoms with Crippen LogP contribution in [-0.4, -0.2) is 28.7 Å². The summed E-state index contributed by atoms with van der Waals surface area (Å²) in [6.45, 7) is 5.18. The van der Waals surface area contributed by atoms with Gasteiger partial charge in [0.2, 0.25) is 0 Å². The second kappa shape index (κ2) is 5.55. The lowest BCUT2D eigenvalue weighted by atomic mass is 9.98.